The number of hydrogen-bond acceptors (Lipinski definition) is 3. The zero-order valence-corrected chi connectivity index (χ0v) is 11.7. The highest BCUT2D eigenvalue weighted by atomic mass is 79.9. The van der Waals surface area contributed by atoms with Gasteiger partial charge in [0.15, 0.2) is 0 Å². The Bertz CT molecular complexity index is 599. The summed E-state index contributed by atoms with van der Waals surface area (Å²) in [4.78, 5) is 20.3. The van der Waals surface area contributed by atoms with E-state index >= 15 is 0 Å². The number of rotatable bonds is 2. The van der Waals surface area contributed by atoms with Gasteiger partial charge in [0.05, 0.1) is 16.9 Å². The topological polar surface area (TPSA) is 54.9 Å². The lowest BCUT2D eigenvalue weighted by Gasteiger charge is -2.08. The Labute approximate surface area is 114 Å². The number of nitrogens with zero attached hydrogens (tertiary/aromatic N) is 2. The molecule has 0 aliphatic carbocycles. The van der Waals surface area contributed by atoms with E-state index in [1.165, 1.54) is 0 Å². The second-order valence-corrected chi connectivity index (χ2v) is 4.70. The summed E-state index contributed by atoms with van der Waals surface area (Å²) >= 11 is 3.38. The summed E-state index contributed by atoms with van der Waals surface area (Å²) in [6.45, 7) is 3.59. The number of aromatic nitrogens is 2. The average molecular weight is 306 g/mol. The van der Waals surface area contributed by atoms with Gasteiger partial charge in [0.1, 0.15) is 5.82 Å². The molecule has 0 radical (unpaired) electrons. The standard InChI is InChI=1S/C13H12BrN3O/c1-8-10(7-15-9(2)16-8)13(18)17-12-6-4-3-5-11(12)14/h3-7H,1-2H3,(H,17,18). The third kappa shape index (κ3) is 2.73. The minimum absolute atomic E-state index is 0.209. The minimum atomic E-state index is -0.209. The van der Waals surface area contributed by atoms with Crippen LogP contribution < -0.4 is 5.32 Å². The largest absolute Gasteiger partial charge is 0.321 e. The zero-order valence-electron chi connectivity index (χ0n) is 10.1. The predicted octanol–water partition coefficient (Wildman–Crippen LogP) is 3.11. The van der Waals surface area contributed by atoms with Gasteiger partial charge in [-0.05, 0) is 41.9 Å². The number of carbonyl (C=O) groups is 1. The van der Waals surface area contributed by atoms with Gasteiger partial charge in [-0.15, -0.1) is 0 Å². The number of carbonyl (C=O) groups excluding carboxylic acids is 1. The number of amides is 1. The van der Waals surface area contributed by atoms with Crippen molar-refractivity contribution in [2.24, 2.45) is 0 Å². The van der Waals surface area contributed by atoms with E-state index in [0.29, 0.717) is 17.1 Å². The van der Waals surface area contributed by atoms with Crippen LogP contribution in [0.25, 0.3) is 0 Å². The molecule has 0 aliphatic rings. The van der Waals surface area contributed by atoms with Crippen LogP contribution in [0.5, 0.6) is 0 Å². The van der Waals surface area contributed by atoms with E-state index in [0.717, 1.165) is 10.2 Å². The van der Waals surface area contributed by atoms with Crippen molar-refractivity contribution in [3.63, 3.8) is 0 Å². The summed E-state index contributed by atoms with van der Waals surface area (Å²) in [6.07, 6.45) is 1.55. The van der Waals surface area contributed by atoms with E-state index in [9.17, 15) is 4.79 Å². The van der Waals surface area contributed by atoms with Crippen molar-refractivity contribution in [1.29, 1.82) is 0 Å². The molecular weight excluding hydrogens is 294 g/mol. The van der Waals surface area contributed by atoms with Gasteiger partial charge < -0.3 is 5.32 Å². The lowest BCUT2D eigenvalue weighted by Crippen LogP contribution is -2.15. The summed E-state index contributed by atoms with van der Waals surface area (Å²) in [5.74, 6) is 0.448. The second-order valence-electron chi connectivity index (χ2n) is 3.85. The number of halogens is 1. The maximum absolute atomic E-state index is 12.1. The number of nitrogens with one attached hydrogen (secondary N) is 1. The molecule has 1 aromatic heterocycles. The summed E-state index contributed by atoms with van der Waals surface area (Å²) in [5.41, 5.74) is 1.88. The van der Waals surface area contributed by atoms with Crippen molar-refractivity contribution in [3.05, 3.63) is 52.0 Å². The smallest absolute Gasteiger partial charge is 0.259 e. The SMILES string of the molecule is Cc1ncc(C(=O)Nc2ccccc2Br)c(C)n1. The summed E-state index contributed by atoms with van der Waals surface area (Å²) in [6, 6.07) is 7.44. The van der Waals surface area contributed by atoms with E-state index < -0.39 is 0 Å². The van der Waals surface area contributed by atoms with Crippen molar-refractivity contribution in [1.82, 2.24) is 9.97 Å². The van der Waals surface area contributed by atoms with Gasteiger partial charge in [-0.2, -0.15) is 0 Å². The zero-order chi connectivity index (χ0) is 13.1. The number of para-hydroxylation sites is 1. The van der Waals surface area contributed by atoms with Crippen LogP contribution in [-0.2, 0) is 0 Å². The first-order chi connectivity index (χ1) is 8.58. The van der Waals surface area contributed by atoms with Crippen LogP contribution in [0.4, 0.5) is 5.69 Å². The fourth-order valence-corrected chi connectivity index (χ4v) is 1.94. The van der Waals surface area contributed by atoms with Gasteiger partial charge in [0, 0.05) is 10.7 Å². The molecule has 1 aromatic carbocycles. The molecule has 0 atom stereocenters. The average Bonchev–Trinajstić information content (AvgIpc) is 2.32. The first kappa shape index (κ1) is 12.7. The Morgan fingerprint density at radius 1 is 1.28 bits per heavy atom. The van der Waals surface area contributed by atoms with Crippen LogP contribution in [0.1, 0.15) is 21.9 Å². The van der Waals surface area contributed by atoms with E-state index in [2.05, 4.69) is 31.2 Å². The molecule has 1 N–H and O–H groups in total. The van der Waals surface area contributed by atoms with E-state index in [1.54, 1.807) is 20.0 Å². The van der Waals surface area contributed by atoms with Gasteiger partial charge in [0.25, 0.3) is 5.91 Å². The van der Waals surface area contributed by atoms with Crippen LogP contribution in [0.15, 0.2) is 34.9 Å². The fraction of sp³-hybridized carbons (Fsp3) is 0.154. The lowest BCUT2D eigenvalue weighted by molar-refractivity contribution is 0.102. The molecule has 2 aromatic rings. The Balaban J connectivity index is 2.25. The molecule has 1 amide bonds. The van der Waals surface area contributed by atoms with Crippen molar-refractivity contribution < 1.29 is 4.79 Å². The second kappa shape index (κ2) is 5.27. The number of aryl methyl sites for hydroxylation is 2. The maximum Gasteiger partial charge on any atom is 0.259 e. The Kier molecular flexibility index (Phi) is 3.72. The molecule has 0 spiro atoms. The number of hydrogen-bond donors (Lipinski definition) is 1. The molecule has 0 fully saturated rings. The van der Waals surface area contributed by atoms with E-state index in [-0.39, 0.29) is 5.91 Å². The Morgan fingerprint density at radius 3 is 2.67 bits per heavy atom. The molecule has 0 aliphatic heterocycles. The van der Waals surface area contributed by atoms with Crippen LogP contribution in [0.2, 0.25) is 0 Å². The lowest BCUT2D eigenvalue weighted by atomic mass is 10.2. The molecule has 0 saturated carbocycles. The third-order valence-corrected chi connectivity index (χ3v) is 3.16. The molecule has 2 rings (SSSR count). The van der Waals surface area contributed by atoms with Crippen LogP contribution in [-0.4, -0.2) is 15.9 Å². The van der Waals surface area contributed by atoms with Crippen molar-refractivity contribution in [3.8, 4) is 0 Å². The van der Waals surface area contributed by atoms with Gasteiger partial charge in [-0.25, -0.2) is 9.97 Å². The van der Waals surface area contributed by atoms with Gasteiger partial charge >= 0.3 is 0 Å². The van der Waals surface area contributed by atoms with Crippen LogP contribution >= 0.6 is 15.9 Å². The predicted molar refractivity (Wildman–Crippen MR) is 73.6 cm³/mol. The van der Waals surface area contributed by atoms with Gasteiger partial charge in [-0.3, -0.25) is 4.79 Å². The molecular formula is C13H12BrN3O. The molecule has 1 heterocycles. The quantitative estimate of drug-likeness (QED) is 0.927. The normalized spacial score (nSPS) is 10.2. The van der Waals surface area contributed by atoms with E-state index in [1.807, 2.05) is 24.3 Å². The van der Waals surface area contributed by atoms with Gasteiger partial charge in [0.2, 0.25) is 0 Å². The maximum atomic E-state index is 12.1. The van der Waals surface area contributed by atoms with Crippen LogP contribution in [0.3, 0.4) is 0 Å². The fourth-order valence-electron chi connectivity index (χ4n) is 1.56. The number of anilines is 1. The Morgan fingerprint density at radius 2 is 2.00 bits per heavy atom. The summed E-state index contributed by atoms with van der Waals surface area (Å²) in [7, 11) is 0. The first-order valence-electron chi connectivity index (χ1n) is 5.44. The molecule has 92 valence electrons. The van der Waals surface area contributed by atoms with Crippen molar-refractivity contribution in [2.45, 2.75) is 13.8 Å². The third-order valence-electron chi connectivity index (χ3n) is 2.47. The molecule has 5 heteroatoms. The van der Waals surface area contributed by atoms with Crippen LogP contribution in [0, 0.1) is 13.8 Å². The molecule has 0 saturated heterocycles. The van der Waals surface area contributed by atoms with Crippen molar-refractivity contribution in [2.75, 3.05) is 5.32 Å². The molecule has 4 nitrogen and oxygen atoms in total. The highest BCUT2D eigenvalue weighted by Crippen LogP contribution is 2.22. The summed E-state index contributed by atoms with van der Waals surface area (Å²) < 4.78 is 0.837. The molecule has 0 unspecified atom stereocenters. The van der Waals surface area contributed by atoms with Crippen molar-refractivity contribution >= 4 is 27.5 Å². The highest BCUT2D eigenvalue weighted by Gasteiger charge is 2.12. The molecule has 0 bridgehead atoms. The Hall–Kier alpha value is -1.75. The number of benzene rings is 1. The molecule has 18 heavy (non-hydrogen) atoms. The first-order valence-corrected chi connectivity index (χ1v) is 6.23. The van der Waals surface area contributed by atoms with Gasteiger partial charge in [-0.1, -0.05) is 12.1 Å². The van der Waals surface area contributed by atoms with E-state index in [4.69, 9.17) is 0 Å². The monoisotopic (exact) mass is 305 g/mol. The highest BCUT2D eigenvalue weighted by molar-refractivity contribution is 9.10. The minimum Gasteiger partial charge on any atom is -0.321 e. The summed E-state index contributed by atoms with van der Waals surface area (Å²) in [5, 5.41) is 2.82.